The Balaban J connectivity index is 1.89. The number of hydrogen-bond acceptors (Lipinski definition) is 4. The molecule has 1 N–H and O–H groups in total. The molecule has 0 fully saturated rings. The summed E-state index contributed by atoms with van der Waals surface area (Å²) in [5, 5.41) is 7.05. The first-order valence-electron chi connectivity index (χ1n) is 6.22. The first kappa shape index (κ1) is 12.8. The van der Waals surface area contributed by atoms with Gasteiger partial charge in [0.05, 0.1) is 0 Å². The van der Waals surface area contributed by atoms with Gasteiger partial charge in [-0.15, -0.1) is 0 Å². The molecule has 1 aromatic carbocycles. The Labute approximate surface area is 107 Å². The van der Waals surface area contributed by atoms with Gasteiger partial charge in [-0.1, -0.05) is 34.5 Å². The smallest absolute Gasteiger partial charge is 0.227 e. The van der Waals surface area contributed by atoms with Crippen LogP contribution in [0.4, 0.5) is 0 Å². The standard InChI is InChI=1S/C14H19N3O/c1-10-6-11(2)8-13(7-10)12(3)15-5-4-14-16-9-17-18-14/h6-9,12,15H,4-5H2,1-3H3. The molecule has 2 rings (SSSR count). The van der Waals surface area contributed by atoms with E-state index in [9.17, 15) is 0 Å². The molecular weight excluding hydrogens is 226 g/mol. The Morgan fingerprint density at radius 2 is 1.94 bits per heavy atom. The van der Waals surface area contributed by atoms with E-state index < -0.39 is 0 Å². The number of hydrogen-bond donors (Lipinski definition) is 1. The molecule has 0 spiro atoms. The molecular formula is C14H19N3O. The van der Waals surface area contributed by atoms with E-state index in [4.69, 9.17) is 4.52 Å². The highest BCUT2D eigenvalue weighted by Gasteiger charge is 2.06. The predicted molar refractivity (Wildman–Crippen MR) is 70.3 cm³/mol. The lowest BCUT2D eigenvalue weighted by Crippen LogP contribution is -2.21. The number of aromatic nitrogens is 2. The van der Waals surface area contributed by atoms with E-state index in [1.54, 1.807) is 0 Å². The van der Waals surface area contributed by atoms with Crippen LogP contribution in [0.15, 0.2) is 29.0 Å². The highest BCUT2D eigenvalue weighted by molar-refractivity contribution is 5.30. The molecule has 4 heteroatoms. The van der Waals surface area contributed by atoms with Gasteiger partial charge >= 0.3 is 0 Å². The average Bonchev–Trinajstić information content (AvgIpc) is 2.80. The molecule has 4 nitrogen and oxygen atoms in total. The fraction of sp³-hybridized carbons (Fsp3) is 0.429. The van der Waals surface area contributed by atoms with Gasteiger partial charge in [0.25, 0.3) is 0 Å². The van der Waals surface area contributed by atoms with Crippen molar-refractivity contribution in [3.63, 3.8) is 0 Å². The van der Waals surface area contributed by atoms with Gasteiger partial charge < -0.3 is 9.84 Å². The summed E-state index contributed by atoms with van der Waals surface area (Å²) in [7, 11) is 0. The zero-order valence-corrected chi connectivity index (χ0v) is 11.1. The molecule has 18 heavy (non-hydrogen) atoms. The van der Waals surface area contributed by atoms with Gasteiger partial charge in [-0.3, -0.25) is 0 Å². The van der Waals surface area contributed by atoms with Crippen molar-refractivity contribution in [1.29, 1.82) is 0 Å². The Morgan fingerprint density at radius 1 is 1.22 bits per heavy atom. The molecule has 1 atom stereocenters. The molecule has 0 aliphatic rings. The predicted octanol–water partition coefficient (Wildman–Crippen LogP) is 2.58. The molecule has 0 amide bonds. The second kappa shape index (κ2) is 5.78. The number of nitrogens with zero attached hydrogens (tertiary/aromatic N) is 2. The van der Waals surface area contributed by atoms with Gasteiger partial charge in [0.2, 0.25) is 5.89 Å². The minimum atomic E-state index is 0.325. The molecule has 0 bridgehead atoms. The Hall–Kier alpha value is -1.68. The molecule has 0 aliphatic heterocycles. The van der Waals surface area contributed by atoms with Crippen LogP contribution in [0.25, 0.3) is 0 Å². The lowest BCUT2D eigenvalue weighted by Gasteiger charge is -2.15. The third kappa shape index (κ3) is 3.40. The van der Waals surface area contributed by atoms with Crippen LogP contribution in [0.2, 0.25) is 0 Å². The highest BCUT2D eigenvalue weighted by Crippen LogP contribution is 2.16. The van der Waals surface area contributed by atoms with Crippen molar-refractivity contribution >= 4 is 0 Å². The number of rotatable bonds is 5. The van der Waals surface area contributed by atoms with Gasteiger partial charge in [-0.25, -0.2) is 0 Å². The normalized spacial score (nSPS) is 12.6. The molecule has 0 saturated heterocycles. The maximum absolute atomic E-state index is 4.96. The van der Waals surface area contributed by atoms with Crippen LogP contribution in [0.1, 0.15) is 35.5 Å². The van der Waals surface area contributed by atoms with E-state index in [1.807, 2.05) is 0 Å². The van der Waals surface area contributed by atoms with Crippen LogP contribution in [-0.4, -0.2) is 16.7 Å². The van der Waals surface area contributed by atoms with Crippen molar-refractivity contribution in [3.05, 3.63) is 47.1 Å². The van der Waals surface area contributed by atoms with Crippen molar-refractivity contribution in [2.24, 2.45) is 0 Å². The number of aryl methyl sites for hydroxylation is 2. The number of benzene rings is 1. The number of nitrogens with one attached hydrogen (secondary N) is 1. The first-order valence-corrected chi connectivity index (χ1v) is 6.22. The van der Waals surface area contributed by atoms with Crippen molar-refractivity contribution < 1.29 is 4.52 Å². The second-order valence-corrected chi connectivity index (χ2v) is 4.68. The summed E-state index contributed by atoms with van der Waals surface area (Å²) >= 11 is 0. The molecule has 1 heterocycles. The lowest BCUT2D eigenvalue weighted by atomic mass is 10.0. The van der Waals surface area contributed by atoms with Crippen molar-refractivity contribution in [3.8, 4) is 0 Å². The van der Waals surface area contributed by atoms with Crippen LogP contribution in [0.3, 0.4) is 0 Å². The van der Waals surface area contributed by atoms with Crippen molar-refractivity contribution in [2.75, 3.05) is 6.54 Å². The third-order valence-electron chi connectivity index (χ3n) is 2.94. The van der Waals surface area contributed by atoms with E-state index in [1.165, 1.54) is 23.0 Å². The summed E-state index contributed by atoms with van der Waals surface area (Å²) in [6.45, 7) is 7.25. The fourth-order valence-electron chi connectivity index (χ4n) is 2.08. The SMILES string of the molecule is Cc1cc(C)cc(C(C)NCCc2ncno2)c1. The Morgan fingerprint density at radius 3 is 2.56 bits per heavy atom. The van der Waals surface area contributed by atoms with Gasteiger partial charge in [0, 0.05) is 19.0 Å². The molecule has 96 valence electrons. The van der Waals surface area contributed by atoms with E-state index in [0.717, 1.165) is 13.0 Å². The molecule has 2 aromatic rings. The average molecular weight is 245 g/mol. The van der Waals surface area contributed by atoms with Crippen LogP contribution in [0.5, 0.6) is 0 Å². The summed E-state index contributed by atoms with van der Waals surface area (Å²) < 4.78 is 4.96. The zero-order chi connectivity index (χ0) is 13.0. The molecule has 0 aliphatic carbocycles. The first-order chi connectivity index (χ1) is 8.65. The summed E-state index contributed by atoms with van der Waals surface area (Å²) in [4.78, 5) is 4.00. The Kier molecular flexibility index (Phi) is 4.10. The summed E-state index contributed by atoms with van der Waals surface area (Å²) in [6.07, 6.45) is 2.19. The summed E-state index contributed by atoms with van der Waals surface area (Å²) in [5.74, 6) is 0.676. The van der Waals surface area contributed by atoms with E-state index in [2.05, 4.69) is 54.4 Å². The third-order valence-corrected chi connectivity index (χ3v) is 2.94. The zero-order valence-electron chi connectivity index (χ0n) is 11.1. The maximum Gasteiger partial charge on any atom is 0.227 e. The van der Waals surface area contributed by atoms with Gasteiger partial charge in [0.1, 0.15) is 0 Å². The lowest BCUT2D eigenvalue weighted by molar-refractivity contribution is 0.372. The summed E-state index contributed by atoms with van der Waals surface area (Å²) in [6, 6.07) is 6.95. The molecule has 1 unspecified atom stereocenters. The van der Waals surface area contributed by atoms with Gasteiger partial charge in [0.15, 0.2) is 6.33 Å². The second-order valence-electron chi connectivity index (χ2n) is 4.68. The maximum atomic E-state index is 4.96. The van der Waals surface area contributed by atoms with Gasteiger partial charge in [-0.2, -0.15) is 4.98 Å². The molecule has 1 aromatic heterocycles. The monoisotopic (exact) mass is 245 g/mol. The van der Waals surface area contributed by atoms with Crippen molar-refractivity contribution in [1.82, 2.24) is 15.5 Å². The van der Waals surface area contributed by atoms with Crippen LogP contribution >= 0.6 is 0 Å². The quantitative estimate of drug-likeness (QED) is 0.879. The highest BCUT2D eigenvalue weighted by atomic mass is 16.5. The largest absolute Gasteiger partial charge is 0.340 e. The van der Waals surface area contributed by atoms with E-state index in [0.29, 0.717) is 11.9 Å². The van der Waals surface area contributed by atoms with Crippen LogP contribution in [0, 0.1) is 13.8 Å². The minimum Gasteiger partial charge on any atom is -0.340 e. The molecule has 0 radical (unpaired) electrons. The van der Waals surface area contributed by atoms with Crippen LogP contribution in [-0.2, 0) is 6.42 Å². The fourth-order valence-corrected chi connectivity index (χ4v) is 2.08. The van der Waals surface area contributed by atoms with Crippen molar-refractivity contribution in [2.45, 2.75) is 33.2 Å². The van der Waals surface area contributed by atoms with E-state index in [-0.39, 0.29) is 0 Å². The van der Waals surface area contributed by atoms with E-state index >= 15 is 0 Å². The topological polar surface area (TPSA) is 51.0 Å². The minimum absolute atomic E-state index is 0.325. The summed E-state index contributed by atoms with van der Waals surface area (Å²) in [5.41, 5.74) is 3.92. The Bertz CT molecular complexity index is 473. The molecule has 0 saturated carbocycles. The van der Waals surface area contributed by atoms with Gasteiger partial charge in [-0.05, 0) is 26.3 Å². The van der Waals surface area contributed by atoms with Crippen LogP contribution < -0.4 is 5.32 Å².